The van der Waals surface area contributed by atoms with Crippen molar-refractivity contribution in [2.24, 2.45) is 0 Å². The molecule has 0 bridgehead atoms. The first-order valence-electron chi connectivity index (χ1n) is 5.35. The normalized spacial score (nSPS) is 10.1. The van der Waals surface area contributed by atoms with Crippen LogP contribution in [0, 0.1) is 24.0 Å². The van der Waals surface area contributed by atoms with E-state index in [1.165, 1.54) is 6.07 Å². The van der Waals surface area contributed by atoms with Crippen LogP contribution in [-0.4, -0.2) is 17.3 Å². The quantitative estimate of drug-likeness (QED) is 0.583. The highest BCUT2D eigenvalue weighted by molar-refractivity contribution is 5.79. The number of nitro groups is 1. The van der Waals surface area contributed by atoms with E-state index in [1.807, 2.05) is 0 Å². The first kappa shape index (κ1) is 13.2. The summed E-state index contributed by atoms with van der Waals surface area (Å²) in [6.45, 7) is 5.17. The molecular formula is C12H15NO4. The van der Waals surface area contributed by atoms with Crippen molar-refractivity contribution in [1.29, 1.82) is 0 Å². The number of nitro benzene ring substituents is 1. The zero-order valence-electron chi connectivity index (χ0n) is 10.1. The predicted octanol–water partition coefficient (Wildman–Crippen LogP) is 2.57. The van der Waals surface area contributed by atoms with Crippen LogP contribution in [0.2, 0.25) is 0 Å². The van der Waals surface area contributed by atoms with Crippen LogP contribution in [0.15, 0.2) is 12.1 Å². The van der Waals surface area contributed by atoms with Crippen LogP contribution in [0.4, 0.5) is 5.69 Å². The minimum atomic E-state index is -0.455. The third kappa shape index (κ3) is 3.27. The Kier molecular flexibility index (Phi) is 4.20. The second-order valence-electron chi connectivity index (χ2n) is 3.84. The molecule has 0 aromatic heterocycles. The van der Waals surface area contributed by atoms with E-state index in [4.69, 9.17) is 4.74 Å². The van der Waals surface area contributed by atoms with Crippen molar-refractivity contribution >= 4 is 11.5 Å². The van der Waals surface area contributed by atoms with E-state index >= 15 is 0 Å². The predicted molar refractivity (Wildman–Crippen MR) is 63.4 cm³/mol. The highest BCUT2D eigenvalue weighted by atomic mass is 16.6. The van der Waals surface area contributed by atoms with E-state index in [0.29, 0.717) is 17.7 Å². The molecule has 0 radical (unpaired) electrons. The number of benzene rings is 1. The molecule has 0 N–H and O–H groups in total. The molecule has 92 valence electrons. The molecule has 1 aromatic rings. The monoisotopic (exact) mass is 237 g/mol. The van der Waals surface area contributed by atoms with Gasteiger partial charge in [-0.1, -0.05) is 6.92 Å². The smallest absolute Gasteiger partial charge is 0.276 e. The van der Waals surface area contributed by atoms with Gasteiger partial charge in [-0.05, 0) is 25.5 Å². The summed E-state index contributed by atoms with van der Waals surface area (Å²) in [5.41, 5.74) is 1.38. The maximum absolute atomic E-state index is 11.1. The van der Waals surface area contributed by atoms with Gasteiger partial charge in [0.05, 0.1) is 11.0 Å². The number of rotatable bonds is 5. The summed E-state index contributed by atoms with van der Waals surface area (Å²) < 4.78 is 5.28. The molecule has 17 heavy (non-hydrogen) atoms. The summed E-state index contributed by atoms with van der Waals surface area (Å²) in [4.78, 5) is 21.4. The fraction of sp³-hybridized carbons (Fsp3) is 0.417. The number of aryl methyl sites for hydroxylation is 2. The maximum atomic E-state index is 11.1. The van der Waals surface area contributed by atoms with E-state index in [2.05, 4.69) is 0 Å². The van der Waals surface area contributed by atoms with E-state index in [0.717, 1.165) is 5.56 Å². The second-order valence-corrected chi connectivity index (χ2v) is 3.84. The molecule has 0 unspecified atom stereocenters. The van der Waals surface area contributed by atoms with Crippen molar-refractivity contribution in [3.63, 3.8) is 0 Å². The lowest BCUT2D eigenvalue weighted by Crippen LogP contribution is -2.10. The van der Waals surface area contributed by atoms with Gasteiger partial charge in [-0.2, -0.15) is 0 Å². The van der Waals surface area contributed by atoms with Gasteiger partial charge in [0.1, 0.15) is 12.4 Å². The van der Waals surface area contributed by atoms with Crippen molar-refractivity contribution in [1.82, 2.24) is 0 Å². The van der Waals surface area contributed by atoms with Crippen molar-refractivity contribution < 1.29 is 14.5 Å². The first-order valence-corrected chi connectivity index (χ1v) is 5.35. The molecule has 0 saturated carbocycles. The van der Waals surface area contributed by atoms with E-state index in [9.17, 15) is 14.9 Å². The molecule has 0 spiro atoms. The van der Waals surface area contributed by atoms with Gasteiger partial charge in [0, 0.05) is 12.0 Å². The van der Waals surface area contributed by atoms with Gasteiger partial charge in [0.25, 0.3) is 5.69 Å². The third-order valence-corrected chi connectivity index (χ3v) is 2.47. The van der Waals surface area contributed by atoms with E-state index in [1.54, 1.807) is 26.8 Å². The van der Waals surface area contributed by atoms with Crippen molar-refractivity contribution in [3.8, 4) is 5.75 Å². The number of carbonyl (C=O) groups is 1. The molecule has 0 aliphatic rings. The van der Waals surface area contributed by atoms with Crippen LogP contribution in [0.1, 0.15) is 24.5 Å². The van der Waals surface area contributed by atoms with Crippen LogP contribution in [0.3, 0.4) is 0 Å². The number of hydrogen-bond acceptors (Lipinski definition) is 4. The Hall–Kier alpha value is -1.91. The van der Waals surface area contributed by atoms with Gasteiger partial charge >= 0.3 is 0 Å². The molecule has 0 atom stereocenters. The SMILES string of the molecule is CCC(=O)COc1cc([N+](=O)[O-])c(C)cc1C. The Bertz CT molecular complexity index is 454. The lowest BCUT2D eigenvalue weighted by Gasteiger charge is -2.09. The van der Waals surface area contributed by atoms with Crippen LogP contribution in [0.5, 0.6) is 5.75 Å². The molecule has 0 aliphatic heterocycles. The average Bonchev–Trinajstić information content (AvgIpc) is 2.26. The number of hydrogen-bond donors (Lipinski definition) is 0. The molecule has 0 heterocycles. The Labute approximate surface area is 99.5 Å². The molecule has 5 nitrogen and oxygen atoms in total. The first-order chi connectivity index (χ1) is 7.95. The van der Waals surface area contributed by atoms with Gasteiger partial charge < -0.3 is 4.74 Å². The molecule has 0 saturated heterocycles. The van der Waals surface area contributed by atoms with Gasteiger partial charge in [-0.25, -0.2) is 0 Å². The summed E-state index contributed by atoms with van der Waals surface area (Å²) in [6, 6.07) is 3.05. The van der Waals surface area contributed by atoms with Crippen LogP contribution < -0.4 is 4.74 Å². The van der Waals surface area contributed by atoms with Gasteiger partial charge in [-0.15, -0.1) is 0 Å². The van der Waals surface area contributed by atoms with Crippen LogP contribution >= 0.6 is 0 Å². The Morgan fingerprint density at radius 3 is 2.53 bits per heavy atom. The molecule has 0 amide bonds. The molecule has 0 fully saturated rings. The highest BCUT2D eigenvalue weighted by Crippen LogP contribution is 2.27. The molecule has 0 aliphatic carbocycles. The number of carbonyl (C=O) groups excluding carboxylic acids is 1. The highest BCUT2D eigenvalue weighted by Gasteiger charge is 2.14. The fourth-order valence-corrected chi connectivity index (χ4v) is 1.43. The zero-order valence-corrected chi connectivity index (χ0v) is 10.1. The Balaban J connectivity index is 2.96. The minimum absolute atomic E-state index is 0.00884. The number of ketones is 1. The Morgan fingerprint density at radius 2 is 2.00 bits per heavy atom. The van der Waals surface area contributed by atoms with Gasteiger partial charge in [0.2, 0.25) is 0 Å². The van der Waals surface area contributed by atoms with Crippen molar-refractivity contribution in [3.05, 3.63) is 33.4 Å². The number of ether oxygens (including phenoxy) is 1. The lowest BCUT2D eigenvalue weighted by molar-refractivity contribution is -0.385. The van der Waals surface area contributed by atoms with E-state index < -0.39 is 4.92 Å². The van der Waals surface area contributed by atoms with Crippen molar-refractivity contribution in [2.45, 2.75) is 27.2 Å². The van der Waals surface area contributed by atoms with Crippen LogP contribution in [0.25, 0.3) is 0 Å². The second kappa shape index (κ2) is 5.43. The zero-order chi connectivity index (χ0) is 13.0. The summed E-state index contributed by atoms with van der Waals surface area (Å²) in [5.74, 6) is 0.358. The fourth-order valence-electron chi connectivity index (χ4n) is 1.43. The molecule has 5 heteroatoms. The van der Waals surface area contributed by atoms with Gasteiger partial charge in [-0.3, -0.25) is 14.9 Å². The van der Waals surface area contributed by atoms with Crippen molar-refractivity contribution in [2.75, 3.05) is 6.61 Å². The molecule has 1 rings (SSSR count). The summed E-state index contributed by atoms with van der Waals surface area (Å²) >= 11 is 0. The largest absolute Gasteiger partial charge is 0.485 e. The number of nitrogens with zero attached hydrogens (tertiary/aromatic N) is 1. The molecule has 1 aromatic carbocycles. The summed E-state index contributed by atoms with van der Waals surface area (Å²) in [6.07, 6.45) is 0.396. The molecular weight excluding hydrogens is 222 g/mol. The third-order valence-electron chi connectivity index (χ3n) is 2.47. The lowest BCUT2D eigenvalue weighted by atomic mass is 10.1. The minimum Gasteiger partial charge on any atom is -0.485 e. The standard InChI is InChI=1S/C12H15NO4/c1-4-10(14)7-17-12-6-11(13(15)16)8(2)5-9(12)3/h5-6H,4,7H2,1-3H3. The number of Topliss-reactive ketones (excluding diaryl/α,β-unsaturated/α-hetero) is 1. The van der Waals surface area contributed by atoms with Crippen LogP contribution in [-0.2, 0) is 4.79 Å². The average molecular weight is 237 g/mol. The topological polar surface area (TPSA) is 69.4 Å². The van der Waals surface area contributed by atoms with E-state index in [-0.39, 0.29) is 18.1 Å². The summed E-state index contributed by atoms with van der Waals surface area (Å²) in [5, 5.41) is 10.8. The maximum Gasteiger partial charge on any atom is 0.276 e. The van der Waals surface area contributed by atoms with Gasteiger partial charge in [0.15, 0.2) is 5.78 Å². The Morgan fingerprint density at radius 1 is 1.35 bits per heavy atom. The summed E-state index contributed by atoms with van der Waals surface area (Å²) in [7, 11) is 0.